The van der Waals surface area contributed by atoms with Crippen molar-refractivity contribution in [2.75, 3.05) is 46.2 Å². The molecular weight excluding hydrogens is 404 g/mol. The number of ether oxygens (including phenoxy) is 2. The molecular formula is C20H34F4N4O2. The number of morpholine rings is 1. The predicted octanol–water partition coefficient (Wildman–Crippen LogP) is 1.82. The molecule has 3 unspecified atom stereocenters. The van der Waals surface area contributed by atoms with E-state index in [4.69, 9.17) is 9.47 Å². The average molecular weight is 439 g/mol. The number of halogens is 4. The van der Waals surface area contributed by atoms with Crippen LogP contribution in [0.4, 0.5) is 17.6 Å². The van der Waals surface area contributed by atoms with Crippen molar-refractivity contribution >= 4 is 0 Å². The van der Waals surface area contributed by atoms with Gasteiger partial charge in [0.25, 0.3) is 0 Å². The van der Waals surface area contributed by atoms with Crippen molar-refractivity contribution in [1.29, 1.82) is 0 Å². The zero-order chi connectivity index (χ0) is 21.4. The van der Waals surface area contributed by atoms with Crippen molar-refractivity contribution in [3.8, 4) is 0 Å². The molecule has 0 aromatic heterocycles. The first kappa shape index (κ1) is 22.7. The van der Waals surface area contributed by atoms with E-state index in [-0.39, 0.29) is 30.2 Å². The monoisotopic (exact) mass is 438 g/mol. The topological polar surface area (TPSA) is 57.8 Å². The second kappa shape index (κ2) is 9.15. The smallest absolute Gasteiger partial charge is 0.380 e. The summed E-state index contributed by atoms with van der Waals surface area (Å²) < 4.78 is 65.6. The molecule has 0 aromatic carbocycles. The van der Waals surface area contributed by atoms with Crippen molar-refractivity contribution in [3.63, 3.8) is 0 Å². The highest BCUT2D eigenvalue weighted by atomic mass is 19.4. The number of hydrogen-bond acceptors (Lipinski definition) is 6. The molecule has 4 aliphatic rings. The second-order valence-electron chi connectivity index (χ2n) is 9.67. The molecule has 1 aliphatic carbocycles. The lowest BCUT2D eigenvalue weighted by molar-refractivity contribution is -0.187. The first-order valence-electron chi connectivity index (χ1n) is 11.1. The van der Waals surface area contributed by atoms with Gasteiger partial charge in [-0.15, -0.1) is 0 Å². The summed E-state index contributed by atoms with van der Waals surface area (Å²) in [6, 6.07) is -0.0556. The minimum absolute atomic E-state index is 0.0421. The van der Waals surface area contributed by atoms with Gasteiger partial charge in [-0.1, -0.05) is 6.92 Å². The Labute approximate surface area is 175 Å². The van der Waals surface area contributed by atoms with Crippen molar-refractivity contribution in [2.45, 2.75) is 63.3 Å². The zero-order valence-corrected chi connectivity index (χ0v) is 17.5. The van der Waals surface area contributed by atoms with Crippen LogP contribution in [0.3, 0.4) is 0 Å². The van der Waals surface area contributed by atoms with Crippen LogP contribution < -0.4 is 16.0 Å². The molecule has 4 fully saturated rings. The first-order chi connectivity index (χ1) is 14.3. The molecule has 0 spiro atoms. The molecule has 0 aromatic rings. The van der Waals surface area contributed by atoms with Crippen LogP contribution in [0.5, 0.6) is 0 Å². The van der Waals surface area contributed by atoms with Gasteiger partial charge >= 0.3 is 6.18 Å². The van der Waals surface area contributed by atoms with Gasteiger partial charge in [-0.25, -0.2) is 4.39 Å². The van der Waals surface area contributed by atoms with Gasteiger partial charge in [0.1, 0.15) is 0 Å². The van der Waals surface area contributed by atoms with Gasteiger partial charge in [-0.05, 0) is 31.6 Å². The van der Waals surface area contributed by atoms with E-state index in [0.717, 1.165) is 0 Å². The van der Waals surface area contributed by atoms with Crippen LogP contribution in [0.25, 0.3) is 0 Å². The minimum Gasteiger partial charge on any atom is -0.380 e. The Morgan fingerprint density at radius 2 is 1.83 bits per heavy atom. The Bertz CT molecular complexity index is 569. The molecule has 3 aliphatic heterocycles. The first-order valence-corrected chi connectivity index (χ1v) is 11.1. The Balaban J connectivity index is 1.37. The Morgan fingerprint density at radius 3 is 2.47 bits per heavy atom. The Kier molecular flexibility index (Phi) is 6.91. The fraction of sp³-hybridized carbons (Fsp3) is 1.00. The molecule has 0 bridgehead atoms. The SMILES string of the molecule is CC1(CNC2NCNC(N3CCOC[C@@H]3C3CCC(C(F)(F)F)CC3)C2F)COC1. The van der Waals surface area contributed by atoms with Crippen molar-refractivity contribution in [2.24, 2.45) is 17.3 Å². The predicted molar refractivity (Wildman–Crippen MR) is 103 cm³/mol. The van der Waals surface area contributed by atoms with Crippen molar-refractivity contribution < 1.29 is 27.0 Å². The normalized spacial score (nSPS) is 40.7. The van der Waals surface area contributed by atoms with Crippen LogP contribution in [0.15, 0.2) is 0 Å². The molecule has 3 saturated heterocycles. The molecule has 4 rings (SSSR count). The summed E-state index contributed by atoms with van der Waals surface area (Å²) >= 11 is 0. The summed E-state index contributed by atoms with van der Waals surface area (Å²) in [4.78, 5) is 2.11. The van der Waals surface area contributed by atoms with E-state index in [1.165, 1.54) is 0 Å². The lowest BCUT2D eigenvalue weighted by Gasteiger charge is -2.50. The fourth-order valence-corrected chi connectivity index (χ4v) is 5.29. The van der Waals surface area contributed by atoms with Crippen LogP contribution in [-0.2, 0) is 9.47 Å². The third kappa shape index (κ3) is 4.94. The summed E-state index contributed by atoms with van der Waals surface area (Å²) in [5.41, 5.74) is 0.0421. The van der Waals surface area contributed by atoms with E-state index in [1.54, 1.807) is 0 Å². The maximum Gasteiger partial charge on any atom is 0.391 e. The Morgan fingerprint density at radius 1 is 1.10 bits per heavy atom. The van der Waals surface area contributed by atoms with Crippen LogP contribution in [0.2, 0.25) is 0 Å². The lowest BCUT2D eigenvalue weighted by atomic mass is 9.77. The van der Waals surface area contributed by atoms with Gasteiger partial charge in [0.15, 0.2) is 6.17 Å². The van der Waals surface area contributed by atoms with Gasteiger partial charge < -0.3 is 9.47 Å². The van der Waals surface area contributed by atoms with Crippen molar-refractivity contribution in [1.82, 2.24) is 20.9 Å². The summed E-state index contributed by atoms with van der Waals surface area (Å²) in [5, 5.41) is 9.70. The fourth-order valence-electron chi connectivity index (χ4n) is 5.29. The highest BCUT2D eigenvalue weighted by Gasteiger charge is 2.46. The highest BCUT2D eigenvalue weighted by Crippen LogP contribution is 2.42. The van der Waals surface area contributed by atoms with Gasteiger partial charge in [-0.3, -0.25) is 20.9 Å². The van der Waals surface area contributed by atoms with Crippen LogP contribution in [0.1, 0.15) is 32.6 Å². The number of hydrogen-bond donors (Lipinski definition) is 3. The standard InChI is InChI=1S/C20H34F4N4O2/c1-19(10-30-11-19)9-25-17-16(21)18(27-12-26-17)28-6-7-29-8-15(28)13-2-4-14(5-3-13)20(22,23)24/h13-18,25-27H,2-12H2,1H3/t13?,14?,15-,16?,17?,18?/m1/s1. The second-order valence-corrected chi connectivity index (χ2v) is 9.67. The third-order valence-corrected chi connectivity index (χ3v) is 7.25. The van der Waals surface area contributed by atoms with Crippen LogP contribution >= 0.6 is 0 Å². The van der Waals surface area contributed by atoms with E-state index in [9.17, 15) is 13.2 Å². The van der Waals surface area contributed by atoms with E-state index in [0.29, 0.717) is 59.0 Å². The summed E-state index contributed by atoms with van der Waals surface area (Å²) in [7, 11) is 0. The zero-order valence-electron chi connectivity index (χ0n) is 17.5. The number of nitrogens with zero attached hydrogens (tertiary/aromatic N) is 1. The number of nitrogens with one attached hydrogen (secondary N) is 3. The molecule has 0 radical (unpaired) electrons. The Hall–Kier alpha value is -0.520. The highest BCUT2D eigenvalue weighted by molar-refractivity contribution is 4.96. The van der Waals surface area contributed by atoms with Gasteiger partial charge in [-0.2, -0.15) is 13.2 Å². The average Bonchev–Trinajstić information content (AvgIpc) is 2.71. The lowest BCUT2D eigenvalue weighted by Crippen LogP contribution is -2.72. The van der Waals surface area contributed by atoms with Gasteiger partial charge in [0.05, 0.1) is 44.7 Å². The van der Waals surface area contributed by atoms with Crippen molar-refractivity contribution in [3.05, 3.63) is 0 Å². The maximum absolute atomic E-state index is 15.5. The quantitative estimate of drug-likeness (QED) is 0.570. The van der Waals surface area contributed by atoms with Crippen LogP contribution in [0, 0.1) is 17.3 Å². The largest absolute Gasteiger partial charge is 0.391 e. The molecule has 4 atom stereocenters. The molecule has 0 amide bonds. The summed E-state index contributed by atoms with van der Waals surface area (Å²) in [6.07, 6.45) is -4.93. The number of alkyl halides is 4. The molecule has 3 N–H and O–H groups in total. The number of rotatable bonds is 5. The maximum atomic E-state index is 15.5. The van der Waals surface area contributed by atoms with E-state index >= 15 is 4.39 Å². The molecule has 1 saturated carbocycles. The van der Waals surface area contributed by atoms with Gasteiger partial charge in [0, 0.05) is 31.2 Å². The molecule has 174 valence electrons. The molecule has 6 nitrogen and oxygen atoms in total. The van der Waals surface area contributed by atoms with Crippen LogP contribution in [-0.4, -0.2) is 81.8 Å². The summed E-state index contributed by atoms with van der Waals surface area (Å²) in [6.45, 7) is 6.17. The molecule has 10 heteroatoms. The van der Waals surface area contributed by atoms with E-state index in [2.05, 4.69) is 27.8 Å². The minimum atomic E-state index is -4.12. The molecule has 30 heavy (non-hydrogen) atoms. The molecule has 3 heterocycles. The third-order valence-electron chi connectivity index (χ3n) is 7.25. The van der Waals surface area contributed by atoms with E-state index in [1.807, 2.05) is 0 Å². The van der Waals surface area contributed by atoms with E-state index < -0.39 is 30.6 Å². The summed E-state index contributed by atoms with van der Waals surface area (Å²) in [5.74, 6) is -1.10. The van der Waals surface area contributed by atoms with Gasteiger partial charge in [0.2, 0.25) is 0 Å².